The summed E-state index contributed by atoms with van der Waals surface area (Å²) in [6.45, 7) is 6.09. The van der Waals surface area contributed by atoms with Crippen molar-refractivity contribution in [1.82, 2.24) is 14.8 Å². The number of carbonyl (C=O) groups excluding carboxylic acids is 1. The lowest BCUT2D eigenvalue weighted by molar-refractivity contribution is 0.101. The molecule has 1 aromatic heterocycles. The molecule has 1 N–H and O–H groups in total. The molecule has 150 valence electrons. The van der Waals surface area contributed by atoms with Crippen molar-refractivity contribution >= 4 is 27.5 Å². The highest BCUT2D eigenvalue weighted by Gasteiger charge is 2.19. The van der Waals surface area contributed by atoms with Gasteiger partial charge in [0.2, 0.25) is 5.82 Å². The third kappa shape index (κ3) is 4.19. The topological polar surface area (TPSA) is 59.8 Å². The molecule has 0 bridgehead atoms. The van der Waals surface area contributed by atoms with E-state index in [0.717, 1.165) is 32.5 Å². The third-order valence-electron chi connectivity index (χ3n) is 4.96. The summed E-state index contributed by atoms with van der Waals surface area (Å²) in [5, 5.41) is 7.43. The highest BCUT2D eigenvalue weighted by atomic mass is 79.9. The molecule has 0 aliphatic carbocycles. The summed E-state index contributed by atoms with van der Waals surface area (Å²) < 4.78 is 2.67. The number of halogens is 1. The molecule has 0 radical (unpaired) electrons. The fraction of sp³-hybridized carbons (Fsp3) is 0.125. The van der Waals surface area contributed by atoms with E-state index in [2.05, 4.69) is 31.3 Å². The van der Waals surface area contributed by atoms with Crippen molar-refractivity contribution in [1.29, 1.82) is 0 Å². The molecule has 0 saturated heterocycles. The van der Waals surface area contributed by atoms with E-state index in [1.54, 1.807) is 4.68 Å². The molecular weight excluding hydrogens is 440 g/mol. The molecule has 3 aromatic carbocycles. The maximum atomic E-state index is 12.9. The van der Waals surface area contributed by atoms with Crippen molar-refractivity contribution in [2.45, 2.75) is 20.8 Å². The minimum atomic E-state index is -0.345. The van der Waals surface area contributed by atoms with Gasteiger partial charge in [-0.3, -0.25) is 4.79 Å². The Bertz CT molecular complexity index is 1150. The minimum absolute atomic E-state index is 0.117. The lowest BCUT2D eigenvalue weighted by atomic mass is 10.1. The highest BCUT2D eigenvalue weighted by molar-refractivity contribution is 9.10. The van der Waals surface area contributed by atoms with Gasteiger partial charge < -0.3 is 5.32 Å². The largest absolute Gasteiger partial charge is 0.319 e. The van der Waals surface area contributed by atoms with Gasteiger partial charge in [0.1, 0.15) is 0 Å². The molecule has 30 heavy (non-hydrogen) atoms. The van der Waals surface area contributed by atoms with E-state index in [-0.39, 0.29) is 11.7 Å². The number of carbonyl (C=O) groups is 1. The molecule has 0 fully saturated rings. The second-order valence-corrected chi connectivity index (χ2v) is 8.18. The van der Waals surface area contributed by atoms with Crippen LogP contribution in [0.1, 0.15) is 27.3 Å². The van der Waals surface area contributed by atoms with E-state index in [9.17, 15) is 4.79 Å². The lowest BCUT2D eigenvalue weighted by Gasteiger charge is -2.06. The average molecular weight is 461 g/mol. The van der Waals surface area contributed by atoms with E-state index in [0.29, 0.717) is 5.82 Å². The van der Waals surface area contributed by atoms with Gasteiger partial charge in [0.25, 0.3) is 5.91 Å². The molecule has 4 rings (SSSR count). The van der Waals surface area contributed by atoms with Crippen molar-refractivity contribution in [3.63, 3.8) is 0 Å². The van der Waals surface area contributed by atoms with Crippen molar-refractivity contribution in [2.75, 3.05) is 5.32 Å². The van der Waals surface area contributed by atoms with Crippen LogP contribution in [0.25, 0.3) is 17.1 Å². The van der Waals surface area contributed by atoms with Crippen LogP contribution < -0.4 is 5.32 Å². The minimum Gasteiger partial charge on any atom is -0.319 e. The van der Waals surface area contributed by atoms with E-state index >= 15 is 0 Å². The number of amides is 1. The summed E-state index contributed by atoms with van der Waals surface area (Å²) in [6.07, 6.45) is 0. The van der Waals surface area contributed by atoms with Crippen molar-refractivity contribution < 1.29 is 4.79 Å². The van der Waals surface area contributed by atoms with Gasteiger partial charge >= 0.3 is 0 Å². The quantitative estimate of drug-likeness (QED) is 0.413. The van der Waals surface area contributed by atoms with Gasteiger partial charge in [0.15, 0.2) is 5.82 Å². The van der Waals surface area contributed by atoms with E-state index in [1.807, 2.05) is 87.5 Å². The van der Waals surface area contributed by atoms with E-state index in [4.69, 9.17) is 0 Å². The standard InChI is InChI=1S/C24H21BrN4O/c1-15-4-7-18(8-5-15)23-27-22(28-29(23)21-12-9-19(25)10-13-21)24(30)26-20-11-6-16(2)17(3)14-20/h4-14H,1-3H3,(H,26,30). The fourth-order valence-electron chi connectivity index (χ4n) is 3.07. The first-order valence-corrected chi connectivity index (χ1v) is 10.4. The number of anilines is 1. The normalized spacial score (nSPS) is 10.8. The summed E-state index contributed by atoms with van der Waals surface area (Å²) in [5.41, 5.74) is 5.88. The number of nitrogens with one attached hydrogen (secondary N) is 1. The Morgan fingerprint density at radius 1 is 0.900 bits per heavy atom. The number of aryl methyl sites for hydroxylation is 3. The van der Waals surface area contributed by atoms with Gasteiger partial charge in [0.05, 0.1) is 5.69 Å². The van der Waals surface area contributed by atoms with Crippen LogP contribution in [0.3, 0.4) is 0 Å². The monoisotopic (exact) mass is 460 g/mol. The molecule has 0 spiro atoms. The van der Waals surface area contributed by atoms with Gasteiger partial charge in [-0.15, -0.1) is 5.10 Å². The predicted octanol–water partition coefficient (Wildman–Crippen LogP) is 5.87. The molecule has 1 heterocycles. The zero-order valence-corrected chi connectivity index (χ0v) is 18.6. The van der Waals surface area contributed by atoms with Crippen LogP contribution in [-0.4, -0.2) is 20.7 Å². The number of nitrogens with zero attached hydrogens (tertiary/aromatic N) is 3. The summed E-state index contributed by atoms with van der Waals surface area (Å²) in [6, 6.07) is 21.6. The summed E-state index contributed by atoms with van der Waals surface area (Å²) in [7, 11) is 0. The number of aromatic nitrogens is 3. The van der Waals surface area contributed by atoms with Crippen molar-refractivity contribution in [3.8, 4) is 17.1 Å². The second-order valence-electron chi connectivity index (χ2n) is 7.27. The molecule has 0 unspecified atom stereocenters. The molecule has 6 heteroatoms. The van der Waals surface area contributed by atoms with Gasteiger partial charge in [-0.2, -0.15) is 0 Å². The Morgan fingerprint density at radius 2 is 1.60 bits per heavy atom. The molecule has 5 nitrogen and oxygen atoms in total. The molecule has 0 aliphatic rings. The predicted molar refractivity (Wildman–Crippen MR) is 123 cm³/mol. The van der Waals surface area contributed by atoms with Crippen LogP contribution in [0.2, 0.25) is 0 Å². The van der Waals surface area contributed by atoms with Crippen LogP contribution >= 0.6 is 15.9 Å². The molecule has 1 amide bonds. The van der Waals surface area contributed by atoms with E-state index < -0.39 is 0 Å². The summed E-state index contributed by atoms with van der Waals surface area (Å²) >= 11 is 3.46. The first-order valence-electron chi connectivity index (χ1n) is 9.59. The van der Waals surface area contributed by atoms with Gasteiger partial charge in [-0.25, -0.2) is 9.67 Å². The van der Waals surface area contributed by atoms with Crippen LogP contribution in [0.15, 0.2) is 71.2 Å². The van der Waals surface area contributed by atoms with Gasteiger partial charge in [-0.05, 0) is 68.3 Å². The van der Waals surface area contributed by atoms with Crippen molar-refractivity contribution in [2.24, 2.45) is 0 Å². The van der Waals surface area contributed by atoms with Crippen molar-refractivity contribution in [3.05, 3.63) is 93.7 Å². The zero-order chi connectivity index (χ0) is 21.3. The molecular formula is C24H21BrN4O. The Labute approximate surface area is 183 Å². The van der Waals surface area contributed by atoms with Crippen LogP contribution in [0, 0.1) is 20.8 Å². The molecule has 0 atom stereocenters. The van der Waals surface area contributed by atoms with E-state index in [1.165, 1.54) is 5.56 Å². The van der Waals surface area contributed by atoms with Gasteiger partial charge in [-0.1, -0.05) is 51.8 Å². The number of rotatable bonds is 4. The maximum absolute atomic E-state index is 12.9. The number of hydrogen-bond donors (Lipinski definition) is 1. The van der Waals surface area contributed by atoms with Crippen LogP contribution in [0.4, 0.5) is 5.69 Å². The van der Waals surface area contributed by atoms with Crippen LogP contribution in [-0.2, 0) is 0 Å². The van der Waals surface area contributed by atoms with Gasteiger partial charge in [0, 0.05) is 15.7 Å². The van der Waals surface area contributed by atoms with Crippen LogP contribution in [0.5, 0.6) is 0 Å². The third-order valence-corrected chi connectivity index (χ3v) is 5.48. The lowest BCUT2D eigenvalue weighted by Crippen LogP contribution is -2.14. The number of hydrogen-bond acceptors (Lipinski definition) is 3. The highest BCUT2D eigenvalue weighted by Crippen LogP contribution is 2.23. The SMILES string of the molecule is Cc1ccc(-c2nc(C(=O)Nc3ccc(C)c(C)c3)nn2-c2ccc(Br)cc2)cc1. The number of benzene rings is 3. The zero-order valence-electron chi connectivity index (χ0n) is 17.0. The molecule has 4 aromatic rings. The first-order chi connectivity index (χ1) is 14.4. The fourth-order valence-corrected chi connectivity index (χ4v) is 3.33. The first kappa shape index (κ1) is 20.0. The summed E-state index contributed by atoms with van der Waals surface area (Å²) in [4.78, 5) is 17.5. The summed E-state index contributed by atoms with van der Waals surface area (Å²) in [5.74, 6) is 0.386. The average Bonchev–Trinajstić information content (AvgIpc) is 3.17. The Morgan fingerprint density at radius 3 is 2.27 bits per heavy atom. The Hall–Kier alpha value is -3.25. The Kier molecular flexibility index (Phi) is 5.50. The molecule has 0 aliphatic heterocycles. The smallest absolute Gasteiger partial charge is 0.295 e. The maximum Gasteiger partial charge on any atom is 0.295 e. The molecule has 0 saturated carbocycles. The Balaban J connectivity index is 1.74. The second kappa shape index (κ2) is 8.24.